The molecule has 1 unspecified atom stereocenters. The van der Waals surface area contributed by atoms with Crippen LogP contribution in [0.25, 0.3) is 0 Å². The van der Waals surface area contributed by atoms with E-state index >= 15 is 0 Å². The molecule has 104 valence electrons. The van der Waals surface area contributed by atoms with Crippen LogP contribution >= 0.6 is 0 Å². The van der Waals surface area contributed by atoms with Gasteiger partial charge in [-0.2, -0.15) is 0 Å². The molecule has 1 N–H and O–H groups in total. The van der Waals surface area contributed by atoms with E-state index in [1.54, 1.807) is 0 Å². The van der Waals surface area contributed by atoms with Crippen molar-refractivity contribution in [2.75, 3.05) is 13.2 Å². The van der Waals surface area contributed by atoms with Crippen LogP contribution in [0.1, 0.15) is 55.6 Å². The van der Waals surface area contributed by atoms with Crippen LogP contribution in [0, 0.1) is 0 Å². The van der Waals surface area contributed by atoms with Gasteiger partial charge in [0.1, 0.15) is 0 Å². The molecular formula is C17H25NO. The SMILES string of the molecule is c1cc(C2CC2)ccc1CNCCC1CCCCO1. The van der Waals surface area contributed by atoms with Gasteiger partial charge in [-0.15, -0.1) is 0 Å². The summed E-state index contributed by atoms with van der Waals surface area (Å²) in [7, 11) is 0. The molecule has 0 spiro atoms. The lowest BCUT2D eigenvalue weighted by atomic mass is 10.1. The second-order valence-corrected chi connectivity index (χ2v) is 5.97. The van der Waals surface area contributed by atoms with Gasteiger partial charge in [-0.1, -0.05) is 24.3 Å². The van der Waals surface area contributed by atoms with Crippen molar-refractivity contribution >= 4 is 0 Å². The average molecular weight is 259 g/mol. The third-order valence-corrected chi connectivity index (χ3v) is 4.27. The minimum atomic E-state index is 0.499. The fourth-order valence-corrected chi connectivity index (χ4v) is 2.86. The summed E-state index contributed by atoms with van der Waals surface area (Å²) in [6.45, 7) is 3.01. The van der Waals surface area contributed by atoms with Gasteiger partial charge < -0.3 is 10.1 Å². The first kappa shape index (κ1) is 13.1. The first-order chi connectivity index (χ1) is 9.42. The van der Waals surface area contributed by atoms with E-state index in [9.17, 15) is 0 Å². The molecule has 19 heavy (non-hydrogen) atoms. The molecule has 2 heteroatoms. The van der Waals surface area contributed by atoms with Gasteiger partial charge in [-0.25, -0.2) is 0 Å². The molecule has 1 saturated carbocycles. The maximum Gasteiger partial charge on any atom is 0.0587 e. The summed E-state index contributed by atoms with van der Waals surface area (Å²) in [4.78, 5) is 0. The Morgan fingerprint density at radius 1 is 1.05 bits per heavy atom. The minimum absolute atomic E-state index is 0.499. The summed E-state index contributed by atoms with van der Waals surface area (Å²) in [6, 6.07) is 9.16. The van der Waals surface area contributed by atoms with Gasteiger partial charge in [0.15, 0.2) is 0 Å². The summed E-state index contributed by atoms with van der Waals surface area (Å²) in [6.07, 6.45) is 8.26. The van der Waals surface area contributed by atoms with E-state index in [4.69, 9.17) is 4.74 Å². The number of hydrogen-bond donors (Lipinski definition) is 1. The van der Waals surface area contributed by atoms with Crippen LogP contribution in [0.3, 0.4) is 0 Å². The van der Waals surface area contributed by atoms with Gasteiger partial charge >= 0.3 is 0 Å². The van der Waals surface area contributed by atoms with Gasteiger partial charge in [0.2, 0.25) is 0 Å². The largest absolute Gasteiger partial charge is 0.378 e. The number of hydrogen-bond acceptors (Lipinski definition) is 2. The van der Waals surface area contributed by atoms with Gasteiger partial charge in [-0.05, 0) is 62.1 Å². The molecule has 2 fully saturated rings. The number of ether oxygens (including phenoxy) is 1. The predicted octanol–water partition coefficient (Wildman–Crippen LogP) is 3.61. The standard InChI is InChI=1S/C17H25NO/c1-2-12-19-17(3-1)10-11-18-13-14-4-6-15(7-5-14)16-8-9-16/h4-7,16-18H,1-3,8-13H2. The van der Waals surface area contributed by atoms with Crippen LogP contribution < -0.4 is 5.32 Å². The molecule has 2 aliphatic rings. The first-order valence-electron chi connectivity index (χ1n) is 7.83. The molecular weight excluding hydrogens is 234 g/mol. The van der Waals surface area contributed by atoms with Crippen molar-refractivity contribution in [1.82, 2.24) is 5.32 Å². The van der Waals surface area contributed by atoms with Crippen LogP contribution in [0.15, 0.2) is 24.3 Å². The highest BCUT2D eigenvalue weighted by atomic mass is 16.5. The zero-order valence-electron chi connectivity index (χ0n) is 11.7. The van der Waals surface area contributed by atoms with Crippen LogP contribution in [-0.2, 0) is 11.3 Å². The summed E-state index contributed by atoms with van der Waals surface area (Å²) in [5.74, 6) is 0.866. The fourth-order valence-electron chi connectivity index (χ4n) is 2.86. The van der Waals surface area contributed by atoms with Crippen molar-refractivity contribution in [2.24, 2.45) is 0 Å². The molecule has 1 aromatic carbocycles. The fraction of sp³-hybridized carbons (Fsp3) is 0.647. The molecule has 2 nitrogen and oxygen atoms in total. The van der Waals surface area contributed by atoms with Gasteiger partial charge in [-0.3, -0.25) is 0 Å². The molecule has 3 rings (SSSR count). The van der Waals surface area contributed by atoms with E-state index in [1.165, 1.54) is 43.2 Å². The second kappa shape index (κ2) is 6.53. The van der Waals surface area contributed by atoms with Crippen molar-refractivity contribution in [3.63, 3.8) is 0 Å². The molecule has 0 radical (unpaired) electrons. The van der Waals surface area contributed by atoms with Crippen molar-refractivity contribution in [1.29, 1.82) is 0 Å². The maximum absolute atomic E-state index is 5.74. The number of benzene rings is 1. The van der Waals surface area contributed by atoms with Crippen molar-refractivity contribution in [3.05, 3.63) is 35.4 Å². The van der Waals surface area contributed by atoms with Crippen molar-refractivity contribution in [3.8, 4) is 0 Å². The Balaban J connectivity index is 1.34. The van der Waals surface area contributed by atoms with E-state index in [2.05, 4.69) is 29.6 Å². The highest BCUT2D eigenvalue weighted by molar-refractivity contribution is 5.27. The molecule has 1 aliphatic heterocycles. The molecule has 1 aromatic rings. The summed E-state index contributed by atoms with van der Waals surface area (Å²) < 4.78 is 5.74. The Morgan fingerprint density at radius 2 is 1.89 bits per heavy atom. The molecule has 1 saturated heterocycles. The molecule has 1 aliphatic carbocycles. The van der Waals surface area contributed by atoms with E-state index in [1.807, 2.05) is 0 Å². The van der Waals surface area contributed by atoms with Crippen LogP contribution in [0.4, 0.5) is 0 Å². The van der Waals surface area contributed by atoms with Gasteiger partial charge in [0.05, 0.1) is 6.10 Å². The van der Waals surface area contributed by atoms with Crippen molar-refractivity contribution in [2.45, 2.75) is 57.1 Å². The molecule has 1 atom stereocenters. The number of rotatable bonds is 6. The second-order valence-electron chi connectivity index (χ2n) is 5.97. The highest BCUT2D eigenvalue weighted by Crippen LogP contribution is 2.39. The lowest BCUT2D eigenvalue weighted by Crippen LogP contribution is -2.25. The van der Waals surface area contributed by atoms with E-state index in [0.717, 1.165) is 32.0 Å². The minimum Gasteiger partial charge on any atom is -0.378 e. The van der Waals surface area contributed by atoms with Gasteiger partial charge in [0.25, 0.3) is 0 Å². The lowest BCUT2D eigenvalue weighted by Gasteiger charge is -2.22. The van der Waals surface area contributed by atoms with Crippen LogP contribution in [0.5, 0.6) is 0 Å². The Morgan fingerprint density at radius 3 is 2.58 bits per heavy atom. The smallest absolute Gasteiger partial charge is 0.0587 e. The molecule has 0 aromatic heterocycles. The van der Waals surface area contributed by atoms with E-state index in [0.29, 0.717) is 6.10 Å². The average Bonchev–Trinajstić information content (AvgIpc) is 3.30. The third-order valence-electron chi connectivity index (χ3n) is 4.27. The normalized spacial score (nSPS) is 23.5. The molecule has 0 bridgehead atoms. The Hall–Kier alpha value is -0.860. The third kappa shape index (κ3) is 4.05. The summed E-state index contributed by atoms with van der Waals surface area (Å²) in [5, 5.41) is 3.53. The number of nitrogens with one attached hydrogen (secondary N) is 1. The monoisotopic (exact) mass is 259 g/mol. The van der Waals surface area contributed by atoms with E-state index < -0.39 is 0 Å². The maximum atomic E-state index is 5.74. The van der Waals surface area contributed by atoms with E-state index in [-0.39, 0.29) is 0 Å². The first-order valence-corrected chi connectivity index (χ1v) is 7.83. The molecule has 0 amide bonds. The van der Waals surface area contributed by atoms with Crippen molar-refractivity contribution < 1.29 is 4.74 Å². The van der Waals surface area contributed by atoms with Gasteiger partial charge in [0, 0.05) is 13.2 Å². The Kier molecular flexibility index (Phi) is 4.52. The quantitative estimate of drug-likeness (QED) is 0.788. The summed E-state index contributed by atoms with van der Waals surface area (Å²) in [5.41, 5.74) is 2.92. The topological polar surface area (TPSA) is 21.3 Å². The van der Waals surface area contributed by atoms with Crippen LogP contribution in [0.2, 0.25) is 0 Å². The summed E-state index contributed by atoms with van der Waals surface area (Å²) >= 11 is 0. The lowest BCUT2D eigenvalue weighted by molar-refractivity contribution is 0.0115. The zero-order valence-corrected chi connectivity index (χ0v) is 11.7. The zero-order chi connectivity index (χ0) is 12.9. The van der Waals surface area contributed by atoms with Crippen LogP contribution in [-0.4, -0.2) is 19.3 Å². The Labute approximate surface area is 116 Å². The predicted molar refractivity (Wildman–Crippen MR) is 78.3 cm³/mol. The molecule has 1 heterocycles. The highest BCUT2D eigenvalue weighted by Gasteiger charge is 2.22. The Bertz CT molecular complexity index is 377.